The van der Waals surface area contributed by atoms with E-state index in [-0.39, 0.29) is 5.41 Å². The van der Waals surface area contributed by atoms with Gasteiger partial charge in [0.2, 0.25) is 0 Å². The molecule has 88 valence electrons. The maximum atomic E-state index is 11.9. The van der Waals surface area contributed by atoms with Crippen LogP contribution in [-0.4, -0.2) is 43.4 Å². The summed E-state index contributed by atoms with van der Waals surface area (Å²) < 4.78 is 0. The molecule has 0 amide bonds. The van der Waals surface area contributed by atoms with Gasteiger partial charge in [-0.3, -0.25) is 9.69 Å². The Balaban J connectivity index is 2.40. The third-order valence-electron chi connectivity index (χ3n) is 3.16. The number of Topliss-reactive ketones (excluding diaryl/α,β-unsaturated/α-hetero) is 1. The molecule has 0 radical (unpaired) electrons. The van der Waals surface area contributed by atoms with Crippen LogP contribution >= 0.6 is 0 Å². The number of carbonyl (C=O) groups is 1. The minimum Gasteiger partial charge on any atom is -0.317 e. The first-order chi connectivity index (χ1) is 6.91. The molecule has 0 aromatic rings. The van der Waals surface area contributed by atoms with Crippen molar-refractivity contribution in [3.05, 3.63) is 0 Å². The number of nitrogens with one attached hydrogen (secondary N) is 1. The molecule has 1 aliphatic rings. The van der Waals surface area contributed by atoms with Crippen molar-refractivity contribution < 1.29 is 4.79 Å². The average molecular weight is 212 g/mol. The summed E-state index contributed by atoms with van der Waals surface area (Å²) in [6, 6.07) is 0.581. The predicted molar refractivity (Wildman–Crippen MR) is 63.0 cm³/mol. The molecule has 0 saturated carbocycles. The molecule has 1 heterocycles. The molecule has 1 saturated heterocycles. The Labute approximate surface area is 93.2 Å². The van der Waals surface area contributed by atoms with E-state index in [4.69, 9.17) is 0 Å². The van der Waals surface area contributed by atoms with Crippen LogP contribution in [0.25, 0.3) is 0 Å². The van der Waals surface area contributed by atoms with Crippen molar-refractivity contribution in [1.82, 2.24) is 10.2 Å². The van der Waals surface area contributed by atoms with Crippen LogP contribution in [0.5, 0.6) is 0 Å². The fourth-order valence-corrected chi connectivity index (χ4v) is 1.84. The molecule has 1 aliphatic heterocycles. The van der Waals surface area contributed by atoms with Crippen LogP contribution in [-0.2, 0) is 4.79 Å². The molecule has 0 aliphatic carbocycles. The van der Waals surface area contributed by atoms with Crippen LogP contribution in [0.2, 0.25) is 0 Å². The SMILES string of the molecule is CN(CC(=O)C(C)(C)C)C1CCNCC1. The van der Waals surface area contributed by atoms with Gasteiger partial charge in [0, 0.05) is 11.5 Å². The number of likely N-dealkylation sites (N-methyl/N-ethyl adjacent to an activating group) is 1. The summed E-state index contributed by atoms with van der Waals surface area (Å²) in [5, 5.41) is 3.34. The second-order valence-electron chi connectivity index (χ2n) is 5.57. The molecule has 1 fully saturated rings. The van der Waals surface area contributed by atoms with Gasteiger partial charge in [-0.15, -0.1) is 0 Å². The summed E-state index contributed by atoms with van der Waals surface area (Å²) in [6.07, 6.45) is 2.32. The van der Waals surface area contributed by atoms with Crippen molar-refractivity contribution in [3.8, 4) is 0 Å². The molecule has 0 aromatic carbocycles. The van der Waals surface area contributed by atoms with Gasteiger partial charge in [0.15, 0.2) is 5.78 Å². The summed E-state index contributed by atoms with van der Waals surface area (Å²) in [4.78, 5) is 14.1. The van der Waals surface area contributed by atoms with Gasteiger partial charge in [-0.25, -0.2) is 0 Å². The quantitative estimate of drug-likeness (QED) is 0.765. The van der Waals surface area contributed by atoms with Gasteiger partial charge in [0.05, 0.1) is 6.54 Å². The van der Waals surface area contributed by atoms with E-state index in [2.05, 4.69) is 17.3 Å². The normalized spacial score (nSPS) is 19.5. The van der Waals surface area contributed by atoms with Crippen molar-refractivity contribution in [1.29, 1.82) is 0 Å². The van der Waals surface area contributed by atoms with E-state index in [1.165, 1.54) is 0 Å². The van der Waals surface area contributed by atoms with E-state index in [1.54, 1.807) is 0 Å². The molecule has 3 nitrogen and oxygen atoms in total. The van der Waals surface area contributed by atoms with Gasteiger partial charge in [-0.1, -0.05) is 20.8 Å². The lowest BCUT2D eigenvalue weighted by atomic mass is 9.90. The van der Waals surface area contributed by atoms with Crippen molar-refractivity contribution in [3.63, 3.8) is 0 Å². The largest absolute Gasteiger partial charge is 0.317 e. The zero-order valence-corrected chi connectivity index (χ0v) is 10.5. The second-order valence-corrected chi connectivity index (χ2v) is 5.57. The van der Waals surface area contributed by atoms with Crippen LogP contribution in [0.15, 0.2) is 0 Å². The first-order valence-corrected chi connectivity index (χ1v) is 5.85. The molecule has 0 aromatic heterocycles. The second kappa shape index (κ2) is 5.08. The van der Waals surface area contributed by atoms with E-state index >= 15 is 0 Å². The Morgan fingerprint density at radius 3 is 2.33 bits per heavy atom. The number of ketones is 1. The molecular weight excluding hydrogens is 188 g/mol. The number of nitrogens with zero attached hydrogens (tertiary/aromatic N) is 1. The Morgan fingerprint density at radius 1 is 1.33 bits per heavy atom. The standard InChI is InChI=1S/C12H24N2O/c1-12(2,3)11(15)9-14(4)10-5-7-13-8-6-10/h10,13H,5-9H2,1-4H3. The minimum atomic E-state index is -0.207. The number of hydrogen-bond donors (Lipinski definition) is 1. The Bertz CT molecular complexity index is 214. The molecule has 15 heavy (non-hydrogen) atoms. The zero-order chi connectivity index (χ0) is 11.5. The number of piperidine rings is 1. The van der Waals surface area contributed by atoms with E-state index in [0.29, 0.717) is 18.4 Å². The number of rotatable bonds is 3. The molecule has 0 atom stereocenters. The van der Waals surface area contributed by atoms with Crippen LogP contribution in [0.1, 0.15) is 33.6 Å². The fourth-order valence-electron chi connectivity index (χ4n) is 1.84. The van der Waals surface area contributed by atoms with Crippen LogP contribution in [0.3, 0.4) is 0 Å². The number of carbonyl (C=O) groups excluding carboxylic acids is 1. The maximum absolute atomic E-state index is 11.9. The lowest BCUT2D eigenvalue weighted by Gasteiger charge is -2.32. The Kier molecular flexibility index (Phi) is 4.29. The topological polar surface area (TPSA) is 32.3 Å². The van der Waals surface area contributed by atoms with Crippen molar-refractivity contribution in [2.24, 2.45) is 5.41 Å². The number of hydrogen-bond acceptors (Lipinski definition) is 3. The first-order valence-electron chi connectivity index (χ1n) is 5.85. The van der Waals surface area contributed by atoms with Gasteiger partial charge >= 0.3 is 0 Å². The van der Waals surface area contributed by atoms with Crippen LogP contribution in [0, 0.1) is 5.41 Å². The van der Waals surface area contributed by atoms with E-state index in [0.717, 1.165) is 25.9 Å². The molecule has 0 bridgehead atoms. The smallest absolute Gasteiger partial charge is 0.152 e. The third-order valence-corrected chi connectivity index (χ3v) is 3.16. The minimum absolute atomic E-state index is 0.207. The van der Waals surface area contributed by atoms with Crippen LogP contribution < -0.4 is 5.32 Å². The van der Waals surface area contributed by atoms with Crippen LogP contribution in [0.4, 0.5) is 0 Å². The van der Waals surface area contributed by atoms with E-state index in [9.17, 15) is 4.79 Å². The van der Waals surface area contributed by atoms with Gasteiger partial charge in [0.25, 0.3) is 0 Å². The van der Waals surface area contributed by atoms with E-state index < -0.39 is 0 Å². The third kappa shape index (κ3) is 3.92. The van der Waals surface area contributed by atoms with Gasteiger partial charge < -0.3 is 5.32 Å². The highest BCUT2D eigenvalue weighted by molar-refractivity contribution is 5.85. The predicted octanol–water partition coefficient (Wildman–Crippen LogP) is 1.29. The summed E-state index contributed by atoms with van der Waals surface area (Å²) in [5.74, 6) is 0.337. The fraction of sp³-hybridized carbons (Fsp3) is 0.917. The van der Waals surface area contributed by atoms with Gasteiger partial charge in [-0.2, -0.15) is 0 Å². The zero-order valence-electron chi connectivity index (χ0n) is 10.5. The lowest BCUT2D eigenvalue weighted by Crippen LogP contribution is -2.44. The van der Waals surface area contributed by atoms with E-state index in [1.807, 2.05) is 20.8 Å². The first kappa shape index (κ1) is 12.7. The average Bonchev–Trinajstić information content (AvgIpc) is 2.17. The molecule has 1 N–H and O–H groups in total. The molecule has 1 rings (SSSR count). The summed E-state index contributed by atoms with van der Waals surface area (Å²) >= 11 is 0. The highest BCUT2D eigenvalue weighted by Gasteiger charge is 2.25. The lowest BCUT2D eigenvalue weighted by molar-refractivity contribution is -0.127. The molecule has 3 heteroatoms. The van der Waals surface area contributed by atoms with Crippen molar-refractivity contribution in [2.75, 3.05) is 26.7 Å². The molecule has 0 spiro atoms. The van der Waals surface area contributed by atoms with Crippen molar-refractivity contribution >= 4 is 5.78 Å². The van der Waals surface area contributed by atoms with Crippen molar-refractivity contribution in [2.45, 2.75) is 39.7 Å². The molecular formula is C12H24N2O. The highest BCUT2D eigenvalue weighted by Crippen LogP contribution is 2.17. The Hall–Kier alpha value is -0.410. The summed E-state index contributed by atoms with van der Waals surface area (Å²) in [7, 11) is 2.07. The van der Waals surface area contributed by atoms with Gasteiger partial charge in [0.1, 0.15) is 0 Å². The summed E-state index contributed by atoms with van der Waals surface area (Å²) in [5.41, 5.74) is -0.207. The highest BCUT2D eigenvalue weighted by atomic mass is 16.1. The monoisotopic (exact) mass is 212 g/mol. The Morgan fingerprint density at radius 2 is 1.87 bits per heavy atom. The summed E-state index contributed by atoms with van der Waals surface area (Å²) in [6.45, 7) is 8.73. The molecule has 0 unspecified atom stereocenters. The maximum Gasteiger partial charge on any atom is 0.152 e. The van der Waals surface area contributed by atoms with Gasteiger partial charge in [-0.05, 0) is 33.0 Å².